The maximum Gasteiger partial charge on any atom is 0.0553 e. The van der Waals surface area contributed by atoms with Gasteiger partial charge in [-0.3, -0.25) is 0 Å². The van der Waals surface area contributed by atoms with Crippen LogP contribution in [0.4, 0.5) is 11.4 Å². The Labute approximate surface area is 133 Å². The first kappa shape index (κ1) is 13.0. The number of nitrogens with two attached hydrogens (primary N) is 1. The molecular weight excluding hydrogens is 324 g/mol. The number of anilines is 2. The van der Waals surface area contributed by atoms with Crippen LogP contribution in [0, 0.1) is 5.92 Å². The lowest BCUT2D eigenvalue weighted by Gasteiger charge is -2.37. The molecule has 4 rings (SSSR count). The quantitative estimate of drug-likeness (QED) is 0.574. The zero-order chi connectivity index (χ0) is 14.4. The molecule has 3 atom stereocenters. The van der Waals surface area contributed by atoms with E-state index < -0.39 is 0 Å². The average molecular weight is 341 g/mol. The van der Waals surface area contributed by atoms with E-state index in [0.717, 1.165) is 16.6 Å². The average Bonchev–Trinajstić information content (AvgIpc) is 2.97. The van der Waals surface area contributed by atoms with Crippen molar-refractivity contribution in [3.63, 3.8) is 0 Å². The number of nitrogen functional groups attached to an aromatic ring is 1. The molecule has 0 spiro atoms. The zero-order valence-corrected chi connectivity index (χ0v) is 13.2. The number of halogens is 1. The maximum atomic E-state index is 5.97. The van der Waals surface area contributed by atoms with Gasteiger partial charge in [0.15, 0.2) is 0 Å². The van der Waals surface area contributed by atoms with Gasteiger partial charge in [0.25, 0.3) is 0 Å². The standard InChI is InChI=1S/C18H17BrN2/c19-12-6-4-11(5-7-12)18-15-3-1-2-14(15)16-10-13(20)8-9-17(16)21-18/h1-2,4-10,14-15,18,21H,3,20H2. The third-order valence-electron chi connectivity index (χ3n) is 4.62. The van der Waals surface area contributed by atoms with Crippen LogP contribution in [0.2, 0.25) is 0 Å². The maximum absolute atomic E-state index is 5.97. The van der Waals surface area contributed by atoms with Crippen molar-refractivity contribution < 1.29 is 0 Å². The molecule has 3 unspecified atom stereocenters. The summed E-state index contributed by atoms with van der Waals surface area (Å²) >= 11 is 3.51. The molecule has 0 amide bonds. The number of allylic oxidation sites excluding steroid dienone is 2. The Morgan fingerprint density at radius 1 is 1.10 bits per heavy atom. The van der Waals surface area contributed by atoms with Crippen LogP contribution in [0.3, 0.4) is 0 Å². The van der Waals surface area contributed by atoms with Gasteiger partial charge in [-0.2, -0.15) is 0 Å². The number of nitrogens with one attached hydrogen (secondary N) is 1. The van der Waals surface area contributed by atoms with E-state index in [1.54, 1.807) is 0 Å². The van der Waals surface area contributed by atoms with Crippen LogP contribution in [0.1, 0.15) is 29.5 Å². The molecule has 21 heavy (non-hydrogen) atoms. The van der Waals surface area contributed by atoms with Gasteiger partial charge in [0.1, 0.15) is 0 Å². The van der Waals surface area contributed by atoms with Crippen LogP contribution < -0.4 is 11.1 Å². The van der Waals surface area contributed by atoms with Gasteiger partial charge < -0.3 is 11.1 Å². The lowest BCUT2D eigenvalue weighted by atomic mass is 9.77. The van der Waals surface area contributed by atoms with Gasteiger partial charge in [0.2, 0.25) is 0 Å². The minimum Gasteiger partial charge on any atom is -0.399 e. The van der Waals surface area contributed by atoms with Gasteiger partial charge in [-0.25, -0.2) is 0 Å². The summed E-state index contributed by atoms with van der Waals surface area (Å²) in [7, 11) is 0. The molecule has 0 bridgehead atoms. The first-order valence-electron chi connectivity index (χ1n) is 7.30. The summed E-state index contributed by atoms with van der Waals surface area (Å²) in [6.07, 6.45) is 5.77. The molecule has 106 valence electrons. The Morgan fingerprint density at radius 3 is 2.71 bits per heavy atom. The molecule has 3 N–H and O–H groups in total. The smallest absolute Gasteiger partial charge is 0.0553 e. The fourth-order valence-electron chi connectivity index (χ4n) is 3.61. The van der Waals surface area contributed by atoms with Crippen LogP contribution in [-0.2, 0) is 0 Å². The van der Waals surface area contributed by atoms with E-state index in [1.807, 2.05) is 6.07 Å². The van der Waals surface area contributed by atoms with E-state index in [2.05, 4.69) is 69.8 Å². The van der Waals surface area contributed by atoms with E-state index in [9.17, 15) is 0 Å². The van der Waals surface area contributed by atoms with Crippen molar-refractivity contribution in [2.75, 3.05) is 11.1 Å². The van der Waals surface area contributed by atoms with E-state index in [1.165, 1.54) is 16.8 Å². The molecule has 2 aromatic rings. The van der Waals surface area contributed by atoms with Crippen LogP contribution in [-0.4, -0.2) is 0 Å². The molecule has 2 nitrogen and oxygen atoms in total. The van der Waals surface area contributed by atoms with Crippen LogP contribution in [0.25, 0.3) is 0 Å². The summed E-state index contributed by atoms with van der Waals surface area (Å²) in [4.78, 5) is 0. The second-order valence-corrected chi connectivity index (χ2v) is 6.79. The second kappa shape index (κ2) is 4.92. The first-order chi connectivity index (χ1) is 10.2. The molecule has 2 aliphatic rings. The van der Waals surface area contributed by atoms with Gasteiger partial charge >= 0.3 is 0 Å². The fraction of sp³-hybridized carbons (Fsp3) is 0.222. The number of hydrogen-bond acceptors (Lipinski definition) is 2. The topological polar surface area (TPSA) is 38.0 Å². The van der Waals surface area contributed by atoms with Crippen LogP contribution >= 0.6 is 15.9 Å². The van der Waals surface area contributed by atoms with Gasteiger partial charge in [-0.1, -0.05) is 40.2 Å². The highest BCUT2D eigenvalue weighted by atomic mass is 79.9. The van der Waals surface area contributed by atoms with E-state index in [-0.39, 0.29) is 0 Å². The molecule has 0 radical (unpaired) electrons. The third-order valence-corrected chi connectivity index (χ3v) is 5.14. The van der Waals surface area contributed by atoms with Crippen LogP contribution in [0.15, 0.2) is 59.1 Å². The highest BCUT2D eigenvalue weighted by Gasteiger charge is 2.37. The van der Waals surface area contributed by atoms with Gasteiger partial charge in [-0.15, -0.1) is 0 Å². The van der Waals surface area contributed by atoms with E-state index >= 15 is 0 Å². The van der Waals surface area contributed by atoms with Gasteiger partial charge in [0.05, 0.1) is 6.04 Å². The normalized spacial score (nSPS) is 26.0. The number of fused-ring (bicyclic) bond motifs is 3. The molecule has 0 saturated carbocycles. The van der Waals surface area contributed by atoms with E-state index in [0.29, 0.717) is 17.9 Å². The highest BCUT2D eigenvalue weighted by molar-refractivity contribution is 9.10. The van der Waals surface area contributed by atoms with Crippen molar-refractivity contribution in [2.24, 2.45) is 5.92 Å². The summed E-state index contributed by atoms with van der Waals surface area (Å²) in [5, 5.41) is 3.72. The Balaban J connectivity index is 1.78. The molecule has 2 aromatic carbocycles. The molecule has 3 heteroatoms. The minimum absolute atomic E-state index is 0.356. The molecule has 1 aliphatic carbocycles. The summed E-state index contributed by atoms with van der Waals surface area (Å²) < 4.78 is 1.12. The monoisotopic (exact) mass is 340 g/mol. The first-order valence-corrected chi connectivity index (χ1v) is 8.10. The molecule has 0 aromatic heterocycles. The SMILES string of the molecule is Nc1ccc2c(c1)C1C=CCC1C(c1ccc(Br)cc1)N2. The summed E-state index contributed by atoms with van der Waals surface area (Å²) in [6, 6.07) is 15.2. The summed E-state index contributed by atoms with van der Waals surface area (Å²) in [6.45, 7) is 0. The van der Waals surface area contributed by atoms with Crippen molar-refractivity contribution in [3.05, 3.63) is 70.2 Å². The summed E-state index contributed by atoms with van der Waals surface area (Å²) in [5.74, 6) is 1.04. The minimum atomic E-state index is 0.356. The summed E-state index contributed by atoms with van der Waals surface area (Å²) in [5.41, 5.74) is 10.7. The Kier molecular flexibility index (Phi) is 3.03. The van der Waals surface area contributed by atoms with Gasteiger partial charge in [-0.05, 0) is 53.8 Å². The van der Waals surface area contributed by atoms with Gasteiger partial charge in [0, 0.05) is 21.8 Å². The van der Waals surface area contributed by atoms with Crippen molar-refractivity contribution in [2.45, 2.75) is 18.4 Å². The predicted octanol–water partition coefficient (Wildman–Crippen LogP) is 4.86. The molecule has 1 aliphatic heterocycles. The van der Waals surface area contributed by atoms with Crippen molar-refractivity contribution in [1.82, 2.24) is 0 Å². The van der Waals surface area contributed by atoms with Crippen LogP contribution in [0.5, 0.6) is 0 Å². The number of benzene rings is 2. The Morgan fingerprint density at radius 2 is 1.90 bits per heavy atom. The van der Waals surface area contributed by atoms with Crippen molar-refractivity contribution in [1.29, 1.82) is 0 Å². The lowest BCUT2D eigenvalue weighted by Crippen LogP contribution is -2.29. The third kappa shape index (κ3) is 2.16. The molecule has 1 heterocycles. The Hall–Kier alpha value is -1.74. The molecule has 0 saturated heterocycles. The number of hydrogen-bond donors (Lipinski definition) is 2. The van der Waals surface area contributed by atoms with Crippen molar-refractivity contribution >= 4 is 27.3 Å². The largest absolute Gasteiger partial charge is 0.399 e. The van der Waals surface area contributed by atoms with Crippen molar-refractivity contribution in [3.8, 4) is 0 Å². The second-order valence-electron chi connectivity index (χ2n) is 5.87. The van der Waals surface area contributed by atoms with E-state index in [4.69, 9.17) is 5.73 Å². The Bertz CT molecular complexity index is 706. The molecule has 0 fully saturated rings. The highest BCUT2D eigenvalue weighted by Crippen LogP contribution is 2.50. The molecular formula is C18H17BrN2. The number of rotatable bonds is 1. The fourth-order valence-corrected chi connectivity index (χ4v) is 3.88. The predicted molar refractivity (Wildman–Crippen MR) is 91.3 cm³/mol. The zero-order valence-electron chi connectivity index (χ0n) is 11.6. The lowest BCUT2D eigenvalue weighted by molar-refractivity contribution is 0.425.